The van der Waals surface area contributed by atoms with Crippen LogP contribution >= 0.6 is 11.8 Å². The summed E-state index contributed by atoms with van der Waals surface area (Å²) in [6.45, 7) is 3.58. The van der Waals surface area contributed by atoms with Crippen LogP contribution in [0.5, 0.6) is 0 Å². The molecular formula is C17H21F3N2OS. The molecule has 0 saturated carbocycles. The molecule has 2 fully saturated rings. The zero-order chi connectivity index (χ0) is 17.2. The zero-order valence-corrected chi connectivity index (χ0v) is 14.1. The van der Waals surface area contributed by atoms with Crippen molar-refractivity contribution in [3.63, 3.8) is 0 Å². The monoisotopic (exact) mass is 358 g/mol. The second kappa shape index (κ2) is 7.35. The molecule has 1 aromatic rings. The maximum absolute atomic E-state index is 12.7. The summed E-state index contributed by atoms with van der Waals surface area (Å²) in [7, 11) is 0. The van der Waals surface area contributed by atoms with Gasteiger partial charge >= 0.3 is 6.18 Å². The highest BCUT2D eigenvalue weighted by molar-refractivity contribution is 8.00. The first-order chi connectivity index (χ1) is 11.4. The van der Waals surface area contributed by atoms with Crippen molar-refractivity contribution in [1.29, 1.82) is 0 Å². The summed E-state index contributed by atoms with van der Waals surface area (Å²) in [4.78, 5) is 14.7. The average molecular weight is 358 g/mol. The maximum Gasteiger partial charge on any atom is 0.416 e. The molecule has 24 heavy (non-hydrogen) atoms. The van der Waals surface area contributed by atoms with E-state index in [1.807, 2.05) is 4.90 Å². The lowest BCUT2D eigenvalue weighted by molar-refractivity contribution is -0.137. The minimum absolute atomic E-state index is 0.0188. The van der Waals surface area contributed by atoms with Crippen molar-refractivity contribution in [2.24, 2.45) is 11.8 Å². The minimum Gasteiger partial charge on any atom is -0.342 e. The lowest BCUT2D eigenvalue weighted by Crippen LogP contribution is -2.34. The first-order valence-electron chi connectivity index (χ1n) is 8.22. The van der Waals surface area contributed by atoms with Gasteiger partial charge in [-0.1, -0.05) is 6.07 Å². The van der Waals surface area contributed by atoms with Crippen LogP contribution < -0.4 is 5.32 Å². The van der Waals surface area contributed by atoms with E-state index in [1.54, 1.807) is 6.07 Å². The lowest BCUT2D eigenvalue weighted by Gasteiger charge is -2.20. The molecule has 2 aliphatic rings. The Labute approximate surface area is 144 Å². The first kappa shape index (κ1) is 17.6. The molecule has 0 bridgehead atoms. The molecule has 0 aromatic heterocycles. The van der Waals surface area contributed by atoms with E-state index >= 15 is 0 Å². The molecule has 132 valence electrons. The summed E-state index contributed by atoms with van der Waals surface area (Å²) < 4.78 is 38.2. The highest BCUT2D eigenvalue weighted by atomic mass is 32.2. The van der Waals surface area contributed by atoms with Crippen LogP contribution in [-0.2, 0) is 11.0 Å². The fourth-order valence-corrected chi connectivity index (χ4v) is 4.32. The molecule has 0 unspecified atom stereocenters. The SMILES string of the molecule is O=C(CSc1cccc(C(F)(F)F)c1)N1CC[C@@H]2CNC[C@@H]2CC1. The number of nitrogens with zero attached hydrogens (tertiary/aromatic N) is 1. The Bertz CT molecular complexity index is 579. The highest BCUT2D eigenvalue weighted by Gasteiger charge is 2.32. The number of nitrogens with one attached hydrogen (secondary N) is 1. The van der Waals surface area contributed by atoms with Gasteiger partial charge in [0.15, 0.2) is 0 Å². The Morgan fingerprint density at radius 2 is 1.88 bits per heavy atom. The van der Waals surface area contributed by atoms with E-state index in [9.17, 15) is 18.0 Å². The van der Waals surface area contributed by atoms with Crippen LogP contribution in [0.2, 0.25) is 0 Å². The number of fused-ring (bicyclic) bond motifs is 1. The second-order valence-corrected chi connectivity index (χ2v) is 7.50. The van der Waals surface area contributed by atoms with Gasteiger partial charge in [-0.15, -0.1) is 11.8 Å². The summed E-state index contributed by atoms with van der Waals surface area (Å²) in [5, 5.41) is 3.40. The van der Waals surface area contributed by atoms with Gasteiger partial charge in [0.05, 0.1) is 11.3 Å². The van der Waals surface area contributed by atoms with Crippen molar-refractivity contribution >= 4 is 17.7 Å². The molecule has 3 rings (SSSR count). The van der Waals surface area contributed by atoms with Crippen molar-refractivity contribution in [3.8, 4) is 0 Å². The molecule has 0 aliphatic carbocycles. The Morgan fingerprint density at radius 3 is 2.50 bits per heavy atom. The van der Waals surface area contributed by atoms with Crippen LogP contribution in [0.25, 0.3) is 0 Å². The van der Waals surface area contributed by atoms with Crippen LogP contribution in [-0.4, -0.2) is 42.7 Å². The van der Waals surface area contributed by atoms with Gasteiger partial charge in [-0.3, -0.25) is 4.79 Å². The first-order valence-corrected chi connectivity index (χ1v) is 9.20. The summed E-state index contributed by atoms with van der Waals surface area (Å²) in [6.07, 6.45) is -2.33. The van der Waals surface area contributed by atoms with Crippen LogP contribution in [0, 0.1) is 11.8 Å². The van der Waals surface area contributed by atoms with Gasteiger partial charge in [-0.05, 0) is 56.0 Å². The third kappa shape index (κ3) is 4.25. The van der Waals surface area contributed by atoms with E-state index in [2.05, 4.69) is 5.32 Å². The molecule has 0 radical (unpaired) electrons. The van der Waals surface area contributed by atoms with Crippen molar-refractivity contribution in [2.75, 3.05) is 31.9 Å². The number of hydrogen-bond donors (Lipinski definition) is 1. The number of benzene rings is 1. The Hall–Kier alpha value is -1.21. The minimum atomic E-state index is -4.35. The molecule has 2 heterocycles. The lowest BCUT2D eigenvalue weighted by atomic mass is 9.92. The van der Waals surface area contributed by atoms with Gasteiger partial charge in [0.1, 0.15) is 0 Å². The van der Waals surface area contributed by atoms with Gasteiger partial charge in [0.2, 0.25) is 5.91 Å². The standard InChI is InChI=1S/C17H21F3N2OS/c18-17(19,20)14-2-1-3-15(8-14)24-11-16(23)22-6-4-12-9-21-10-13(12)5-7-22/h1-3,8,12-13,21H,4-7,9-11H2/t12-,13+. The average Bonchev–Trinajstić information content (AvgIpc) is 2.90. The van der Waals surface area contributed by atoms with Crippen LogP contribution in [0.4, 0.5) is 13.2 Å². The molecule has 3 nitrogen and oxygen atoms in total. The molecule has 0 spiro atoms. The van der Waals surface area contributed by atoms with E-state index in [0.29, 0.717) is 16.7 Å². The number of hydrogen-bond acceptors (Lipinski definition) is 3. The number of carbonyl (C=O) groups is 1. The molecule has 1 amide bonds. The van der Waals surface area contributed by atoms with E-state index in [0.717, 1.165) is 51.2 Å². The molecule has 2 saturated heterocycles. The van der Waals surface area contributed by atoms with E-state index < -0.39 is 11.7 Å². The number of rotatable bonds is 3. The number of alkyl halides is 3. The third-order valence-corrected chi connectivity index (χ3v) is 5.87. The summed E-state index contributed by atoms with van der Waals surface area (Å²) in [6, 6.07) is 5.16. The van der Waals surface area contributed by atoms with Crippen molar-refractivity contribution < 1.29 is 18.0 Å². The van der Waals surface area contributed by atoms with E-state index in [4.69, 9.17) is 0 Å². The maximum atomic E-state index is 12.7. The van der Waals surface area contributed by atoms with Crippen molar-refractivity contribution in [1.82, 2.24) is 10.2 Å². The molecule has 2 aliphatic heterocycles. The fourth-order valence-electron chi connectivity index (χ4n) is 3.47. The Balaban J connectivity index is 1.54. The molecular weight excluding hydrogens is 337 g/mol. The number of carbonyl (C=O) groups excluding carboxylic acids is 1. The predicted molar refractivity (Wildman–Crippen MR) is 87.8 cm³/mol. The largest absolute Gasteiger partial charge is 0.416 e. The van der Waals surface area contributed by atoms with Gasteiger partial charge in [0, 0.05) is 18.0 Å². The predicted octanol–water partition coefficient (Wildman–Crippen LogP) is 3.26. The zero-order valence-electron chi connectivity index (χ0n) is 13.3. The second-order valence-electron chi connectivity index (χ2n) is 6.45. The van der Waals surface area contributed by atoms with Crippen molar-refractivity contribution in [2.45, 2.75) is 23.9 Å². The van der Waals surface area contributed by atoms with E-state index in [-0.39, 0.29) is 11.7 Å². The molecule has 2 atom stereocenters. The summed E-state index contributed by atoms with van der Waals surface area (Å²) >= 11 is 1.18. The van der Waals surface area contributed by atoms with Crippen LogP contribution in [0.15, 0.2) is 29.2 Å². The molecule has 7 heteroatoms. The van der Waals surface area contributed by atoms with Gasteiger partial charge in [-0.25, -0.2) is 0 Å². The summed E-state index contributed by atoms with van der Waals surface area (Å²) in [5.74, 6) is 1.51. The number of likely N-dealkylation sites (tertiary alicyclic amines) is 1. The van der Waals surface area contributed by atoms with Crippen LogP contribution in [0.1, 0.15) is 18.4 Å². The summed E-state index contributed by atoms with van der Waals surface area (Å²) in [5.41, 5.74) is -0.671. The third-order valence-electron chi connectivity index (χ3n) is 4.90. The molecule has 1 aromatic carbocycles. The van der Waals surface area contributed by atoms with Gasteiger partial charge in [-0.2, -0.15) is 13.2 Å². The van der Waals surface area contributed by atoms with Crippen LogP contribution in [0.3, 0.4) is 0 Å². The quantitative estimate of drug-likeness (QED) is 0.842. The normalized spacial score (nSPS) is 24.5. The number of thioether (sulfide) groups is 1. The Kier molecular flexibility index (Phi) is 5.39. The molecule has 1 N–H and O–H groups in total. The van der Waals surface area contributed by atoms with Gasteiger partial charge < -0.3 is 10.2 Å². The van der Waals surface area contributed by atoms with E-state index in [1.165, 1.54) is 17.8 Å². The smallest absolute Gasteiger partial charge is 0.342 e. The number of amides is 1. The topological polar surface area (TPSA) is 32.3 Å². The van der Waals surface area contributed by atoms with Gasteiger partial charge in [0.25, 0.3) is 0 Å². The highest BCUT2D eigenvalue weighted by Crippen LogP contribution is 2.32. The van der Waals surface area contributed by atoms with Crippen molar-refractivity contribution in [3.05, 3.63) is 29.8 Å². The fraction of sp³-hybridized carbons (Fsp3) is 0.588. The number of halogens is 3. The Morgan fingerprint density at radius 1 is 1.21 bits per heavy atom.